The Bertz CT molecular complexity index is 554. The SMILES string of the molecule is NC1CCCc2cc(OCc3cccnc3)ccc21. The van der Waals surface area contributed by atoms with Crippen molar-refractivity contribution in [3.05, 3.63) is 59.4 Å². The van der Waals surface area contributed by atoms with E-state index in [0.717, 1.165) is 24.2 Å². The minimum atomic E-state index is 0.191. The third-order valence-electron chi connectivity index (χ3n) is 3.60. The van der Waals surface area contributed by atoms with E-state index in [1.165, 1.54) is 17.5 Å². The van der Waals surface area contributed by atoms with Crippen molar-refractivity contribution in [3.8, 4) is 5.75 Å². The fourth-order valence-corrected chi connectivity index (χ4v) is 2.57. The van der Waals surface area contributed by atoms with Crippen molar-refractivity contribution in [2.24, 2.45) is 5.73 Å². The maximum absolute atomic E-state index is 6.11. The molecule has 0 radical (unpaired) electrons. The third-order valence-corrected chi connectivity index (χ3v) is 3.60. The zero-order valence-corrected chi connectivity index (χ0v) is 10.9. The summed E-state index contributed by atoms with van der Waals surface area (Å²) < 4.78 is 5.81. The number of nitrogens with zero attached hydrogens (tertiary/aromatic N) is 1. The molecule has 3 rings (SSSR count). The fraction of sp³-hybridized carbons (Fsp3) is 0.312. The molecular formula is C16H18N2O. The predicted octanol–water partition coefficient (Wildman–Crippen LogP) is 3.00. The van der Waals surface area contributed by atoms with Gasteiger partial charge in [0, 0.05) is 24.0 Å². The molecule has 1 aliphatic carbocycles. The van der Waals surface area contributed by atoms with Gasteiger partial charge >= 0.3 is 0 Å². The van der Waals surface area contributed by atoms with Gasteiger partial charge in [-0.25, -0.2) is 0 Å². The van der Waals surface area contributed by atoms with Gasteiger partial charge in [-0.1, -0.05) is 12.1 Å². The van der Waals surface area contributed by atoms with E-state index in [1.807, 2.05) is 24.4 Å². The van der Waals surface area contributed by atoms with Crippen molar-refractivity contribution in [2.75, 3.05) is 0 Å². The van der Waals surface area contributed by atoms with Crippen LogP contribution in [0.1, 0.15) is 35.6 Å². The summed E-state index contributed by atoms with van der Waals surface area (Å²) in [5, 5.41) is 0. The smallest absolute Gasteiger partial charge is 0.120 e. The topological polar surface area (TPSA) is 48.1 Å². The van der Waals surface area contributed by atoms with Crippen LogP contribution in [-0.4, -0.2) is 4.98 Å². The lowest BCUT2D eigenvalue weighted by Gasteiger charge is -2.22. The molecule has 2 N–H and O–H groups in total. The third kappa shape index (κ3) is 2.76. The van der Waals surface area contributed by atoms with Crippen LogP contribution < -0.4 is 10.5 Å². The average molecular weight is 254 g/mol. The molecular weight excluding hydrogens is 236 g/mol. The number of pyridine rings is 1. The highest BCUT2D eigenvalue weighted by Crippen LogP contribution is 2.30. The molecule has 1 aromatic heterocycles. The Morgan fingerprint density at radius 2 is 2.26 bits per heavy atom. The quantitative estimate of drug-likeness (QED) is 0.916. The largest absolute Gasteiger partial charge is 0.489 e. The van der Waals surface area contributed by atoms with Crippen LogP contribution in [0.25, 0.3) is 0 Å². The first kappa shape index (κ1) is 12.2. The zero-order chi connectivity index (χ0) is 13.1. The monoisotopic (exact) mass is 254 g/mol. The molecule has 0 saturated carbocycles. The Balaban J connectivity index is 1.72. The molecule has 19 heavy (non-hydrogen) atoms. The number of rotatable bonds is 3. The van der Waals surface area contributed by atoms with Crippen LogP contribution in [-0.2, 0) is 13.0 Å². The molecule has 0 spiro atoms. The first-order chi connectivity index (χ1) is 9.33. The predicted molar refractivity (Wildman–Crippen MR) is 74.9 cm³/mol. The minimum Gasteiger partial charge on any atom is -0.489 e. The summed E-state index contributed by atoms with van der Waals surface area (Å²) in [6, 6.07) is 10.4. The summed E-state index contributed by atoms with van der Waals surface area (Å²) in [5.41, 5.74) is 9.81. The van der Waals surface area contributed by atoms with E-state index in [1.54, 1.807) is 6.20 Å². The van der Waals surface area contributed by atoms with E-state index >= 15 is 0 Å². The van der Waals surface area contributed by atoms with Crippen LogP contribution in [0.2, 0.25) is 0 Å². The lowest BCUT2D eigenvalue weighted by molar-refractivity contribution is 0.305. The van der Waals surface area contributed by atoms with Crippen LogP contribution in [0.15, 0.2) is 42.7 Å². The summed E-state index contributed by atoms with van der Waals surface area (Å²) in [6.07, 6.45) is 6.95. The number of aryl methyl sites for hydroxylation is 1. The normalized spacial score (nSPS) is 17.8. The van der Waals surface area contributed by atoms with Crippen LogP contribution >= 0.6 is 0 Å². The van der Waals surface area contributed by atoms with Gasteiger partial charge in [0.05, 0.1) is 0 Å². The number of aromatic nitrogens is 1. The lowest BCUT2D eigenvalue weighted by Crippen LogP contribution is -2.17. The summed E-state index contributed by atoms with van der Waals surface area (Å²) >= 11 is 0. The molecule has 0 bridgehead atoms. The highest BCUT2D eigenvalue weighted by Gasteiger charge is 2.16. The Morgan fingerprint density at radius 3 is 3.11 bits per heavy atom. The maximum Gasteiger partial charge on any atom is 0.120 e. The number of ether oxygens (including phenoxy) is 1. The summed E-state index contributed by atoms with van der Waals surface area (Å²) in [7, 11) is 0. The van der Waals surface area contributed by atoms with Crippen molar-refractivity contribution in [1.29, 1.82) is 0 Å². The van der Waals surface area contributed by atoms with Crippen molar-refractivity contribution >= 4 is 0 Å². The van der Waals surface area contributed by atoms with Crippen molar-refractivity contribution in [1.82, 2.24) is 4.98 Å². The highest BCUT2D eigenvalue weighted by molar-refractivity contribution is 5.39. The maximum atomic E-state index is 6.11. The number of hydrogen-bond acceptors (Lipinski definition) is 3. The lowest BCUT2D eigenvalue weighted by atomic mass is 9.88. The van der Waals surface area contributed by atoms with E-state index in [0.29, 0.717) is 6.61 Å². The Hall–Kier alpha value is -1.87. The molecule has 3 heteroatoms. The Kier molecular flexibility index (Phi) is 3.47. The minimum absolute atomic E-state index is 0.191. The number of benzene rings is 1. The van der Waals surface area contributed by atoms with Crippen LogP contribution in [0.3, 0.4) is 0 Å². The highest BCUT2D eigenvalue weighted by atomic mass is 16.5. The van der Waals surface area contributed by atoms with Gasteiger partial charge in [-0.15, -0.1) is 0 Å². The van der Waals surface area contributed by atoms with Gasteiger partial charge < -0.3 is 10.5 Å². The Labute approximate surface area is 113 Å². The Morgan fingerprint density at radius 1 is 1.32 bits per heavy atom. The molecule has 1 unspecified atom stereocenters. The second kappa shape index (κ2) is 5.41. The first-order valence-corrected chi connectivity index (χ1v) is 6.73. The second-order valence-electron chi connectivity index (χ2n) is 5.01. The molecule has 0 saturated heterocycles. The number of fused-ring (bicyclic) bond motifs is 1. The van der Waals surface area contributed by atoms with E-state index in [4.69, 9.17) is 10.5 Å². The van der Waals surface area contributed by atoms with Crippen LogP contribution in [0, 0.1) is 0 Å². The van der Waals surface area contributed by atoms with Gasteiger partial charge in [0.2, 0.25) is 0 Å². The molecule has 0 fully saturated rings. The molecule has 98 valence electrons. The van der Waals surface area contributed by atoms with Crippen molar-refractivity contribution in [2.45, 2.75) is 31.9 Å². The molecule has 0 amide bonds. The molecule has 1 aromatic carbocycles. The van der Waals surface area contributed by atoms with E-state index in [9.17, 15) is 0 Å². The first-order valence-electron chi connectivity index (χ1n) is 6.73. The average Bonchev–Trinajstić information content (AvgIpc) is 2.46. The van der Waals surface area contributed by atoms with Gasteiger partial charge in [-0.3, -0.25) is 4.98 Å². The van der Waals surface area contributed by atoms with E-state index < -0.39 is 0 Å². The number of hydrogen-bond donors (Lipinski definition) is 1. The van der Waals surface area contributed by atoms with Gasteiger partial charge in [-0.05, 0) is 48.6 Å². The molecule has 1 atom stereocenters. The van der Waals surface area contributed by atoms with Crippen LogP contribution in [0.4, 0.5) is 0 Å². The molecule has 1 heterocycles. The van der Waals surface area contributed by atoms with Crippen LogP contribution in [0.5, 0.6) is 5.75 Å². The summed E-state index contributed by atoms with van der Waals surface area (Å²) in [5.74, 6) is 0.914. The summed E-state index contributed by atoms with van der Waals surface area (Å²) in [4.78, 5) is 4.08. The van der Waals surface area contributed by atoms with Crippen molar-refractivity contribution < 1.29 is 4.74 Å². The molecule has 1 aliphatic rings. The van der Waals surface area contributed by atoms with E-state index in [-0.39, 0.29) is 6.04 Å². The summed E-state index contributed by atoms with van der Waals surface area (Å²) in [6.45, 7) is 0.554. The molecule has 3 nitrogen and oxygen atoms in total. The van der Waals surface area contributed by atoms with Crippen molar-refractivity contribution in [3.63, 3.8) is 0 Å². The van der Waals surface area contributed by atoms with Gasteiger partial charge in [-0.2, -0.15) is 0 Å². The molecule has 0 aliphatic heterocycles. The zero-order valence-electron chi connectivity index (χ0n) is 10.9. The van der Waals surface area contributed by atoms with Gasteiger partial charge in [0.15, 0.2) is 0 Å². The standard InChI is InChI=1S/C16H18N2O/c17-16-5-1-4-13-9-14(6-7-15(13)16)19-11-12-3-2-8-18-10-12/h2-3,6-10,16H,1,4-5,11,17H2. The van der Waals surface area contributed by atoms with Gasteiger partial charge in [0.25, 0.3) is 0 Å². The second-order valence-corrected chi connectivity index (χ2v) is 5.01. The number of nitrogens with two attached hydrogens (primary N) is 1. The van der Waals surface area contributed by atoms with E-state index in [2.05, 4.69) is 17.1 Å². The fourth-order valence-electron chi connectivity index (χ4n) is 2.57. The van der Waals surface area contributed by atoms with Gasteiger partial charge in [0.1, 0.15) is 12.4 Å². The molecule has 2 aromatic rings.